The lowest BCUT2D eigenvalue weighted by molar-refractivity contribution is 1.69. The maximum absolute atomic E-state index is 3.99. The van der Waals surface area contributed by atoms with Gasteiger partial charge in [-0.3, -0.25) is 0 Å². The van der Waals surface area contributed by atoms with Gasteiger partial charge in [0.05, 0.1) is 0 Å². The van der Waals surface area contributed by atoms with Crippen LogP contribution in [0.2, 0.25) is 0 Å². The van der Waals surface area contributed by atoms with E-state index in [0.29, 0.717) is 0 Å². The van der Waals surface area contributed by atoms with Crippen molar-refractivity contribution in [3.05, 3.63) is 72.0 Å². The third kappa shape index (κ3) is 1.56. The monoisotopic (exact) mass is 268 g/mol. The van der Waals surface area contributed by atoms with E-state index in [9.17, 15) is 0 Å². The Bertz CT molecular complexity index is 1050. The van der Waals surface area contributed by atoms with E-state index in [4.69, 9.17) is 0 Å². The highest BCUT2D eigenvalue weighted by Crippen LogP contribution is 2.32. The van der Waals surface area contributed by atoms with Crippen molar-refractivity contribution in [2.24, 2.45) is 0 Å². The third-order valence-corrected chi connectivity index (χ3v) is 4.36. The van der Waals surface area contributed by atoms with Gasteiger partial charge >= 0.3 is 0 Å². The molecule has 0 atom stereocenters. The van der Waals surface area contributed by atoms with Crippen LogP contribution in [0.5, 0.6) is 0 Å². The highest BCUT2D eigenvalue weighted by molar-refractivity contribution is 6.22. The van der Waals surface area contributed by atoms with Crippen molar-refractivity contribution in [2.45, 2.75) is 6.92 Å². The molecule has 0 nitrogen and oxygen atoms in total. The molecular formula is C21H16. The van der Waals surface area contributed by atoms with E-state index in [1.165, 1.54) is 43.1 Å². The van der Waals surface area contributed by atoms with E-state index in [0.717, 1.165) is 0 Å². The van der Waals surface area contributed by atoms with Gasteiger partial charge in [-0.05, 0) is 50.0 Å². The Morgan fingerprint density at radius 1 is 0.762 bits per heavy atom. The minimum Gasteiger partial charge on any atom is -0.0984 e. The first-order valence-corrected chi connectivity index (χ1v) is 7.29. The molecular weight excluding hydrogens is 252 g/mol. The summed E-state index contributed by atoms with van der Waals surface area (Å²) in [6, 6.07) is 19.6. The van der Waals surface area contributed by atoms with E-state index in [-0.39, 0.29) is 0 Å². The summed E-state index contributed by atoms with van der Waals surface area (Å²) >= 11 is 0. The van der Waals surface area contributed by atoms with Gasteiger partial charge in [0, 0.05) is 0 Å². The molecule has 0 saturated heterocycles. The van der Waals surface area contributed by atoms with Crippen LogP contribution in [0.4, 0.5) is 0 Å². The zero-order valence-corrected chi connectivity index (χ0v) is 12.1. The molecule has 0 aromatic heterocycles. The van der Waals surface area contributed by atoms with Crippen molar-refractivity contribution in [1.82, 2.24) is 0 Å². The molecule has 0 amide bonds. The molecule has 0 aliphatic heterocycles. The summed E-state index contributed by atoms with van der Waals surface area (Å²) in [6.45, 7) is 6.10. The van der Waals surface area contributed by atoms with Crippen molar-refractivity contribution < 1.29 is 0 Å². The highest BCUT2D eigenvalue weighted by Gasteiger charge is 2.10. The molecule has 0 heterocycles. The molecule has 21 heavy (non-hydrogen) atoms. The van der Waals surface area contributed by atoms with Crippen LogP contribution in [0.25, 0.3) is 44.5 Å². The van der Waals surface area contributed by atoms with Crippen LogP contribution in [0.15, 0.2) is 61.2 Å². The summed E-state index contributed by atoms with van der Waals surface area (Å²) in [4.78, 5) is 0. The molecule has 4 aromatic carbocycles. The number of hydrogen-bond acceptors (Lipinski definition) is 0. The SMILES string of the molecule is C=Cc1cccc2c1/c(=C\C)c1cccc3cccc2c31. The lowest BCUT2D eigenvalue weighted by Crippen LogP contribution is -2.06. The van der Waals surface area contributed by atoms with Gasteiger partial charge in [-0.25, -0.2) is 0 Å². The molecule has 0 heteroatoms. The molecule has 0 radical (unpaired) electrons. The second-order valence-electron chi connectivity index (χ2n) is 5.39. The Morgan fingerprint density at radius 3 is 2.05 bits per heavy atom. The standard InChI is InChI=1S/C21H16/c1-3-14-8-5-12-18-19-13-7-10-15-9-6-11-17(21(15)19)16(4-2)20(14)18/h3-13H,1H2,2H3/b16-4-. The van der Waals surface area contributed by atoms with E-state index < -0.39 is 0 Å². The second-order valence-corrected chi connectivity index (χ2v) is 5.39. The van der Waals surface area contributed by atoms with Gasteiger partial charge < -0.3 is 0 Å². The number of rotatable bonds is 1. The van der Waals surface area contributed by atoms with E-state index in [2.05, 4.69) is 74.2 Å². The smallest absolute Gasteiger partial charge is 0.00265 e. The molecule has 0 aliphatic carbocycles. The number of hydrogen-bond donors (Lipinski definition) is 0. The van der Waals surface area contributed by atoms with Crippen LogP contribution in [0, 0.1) is 0 Å². The Morgan fingerprint density at radius 2 is 1.38 bits per heavy atom. The van der Waals surface area contributed by atoms with Gasteiger partial charge in [0.2, 0.25) is 0 Å². The van der Waals surface area contributed by atoms with Crippen LogP contribution in [0.1, 0.15) is 12.5 Å². The maximum atomic E-state index is 3.99. The number of benzene rings is 4. The Balaban J connectivity index is 2.51. The van der Waals surface area contributed by atoms with E-state index in [1.54, 1.807) is 0 Å². The predicted molar refractivity (Wildman–Crippen MR) is 94.4 cm³/mol. The molecule has 4 aromatic rings. The minimum atomic E-state index is 1.20. The van der Waals surface area contributed by atoms with Crippen LogP contribution >= 0.6 is 0 Å². The topological polar surface area (TPSA) is 0 Å². The lowest BCUT2D eigenvalue weighted by Gasteiger charge is -2.12. The van der Waals surface area contributed by atoms with Crippen molar-refractivity contribution in [1.29, 1.82) is 0 Å². The maximum Gasteiger partial charge on any atom is -0.00265 e. The first-order chi connectivity index (χ1) is 10.3. The quantitative estimate of drug-likeness (QED) is 0.324. The average Bonchev–Trinajstić information content (AvgIpc) is 2.55. The lowest BCUT2D eigenvalue weighted by atomic mass is 9.91. The first-order valence-electron chi connectivity index (χ1n) is 7.29. The third-order valence-electron chi connectivity index (χ3n) is 4.36. The molecule has 0 bridgehead atoms. The van der Waals surface area contributed by atoms with Crippen molar-refractivity contribution in [3.8, 4) is 0 Å². The van der Waals surface area contributed by atoms with Crippen molar-refractivity contribution >= 4 is 44.5 Å². The molecule has 0 saturated carbocycles. The Kier molecular flexibility index (Phi) is 2.58. The molecule has 0 spiro atoms. The molecule has 0 fully saturated rings. The summed E-state index contributed by atoms with van der Waals surface area (Å²) in [5.74, 6) is 0. The molecule has 4 rings (SSSR count). The average molecular weight is 268 g/mol. The summed E-state index contributed by atoms with van der Waals surface area (Å²) in [5.41, 5.74) is 1.20. The second kappa shape index (κ2) is 4.46. The number of fused-ring (bicyclic) bond motifs is 2. The van der Waals surface area contributed by atoms with Crippen LogP contribution in [0.3, 0.4) is 0 Å². The summed E-state index contributed by atoms with van der Waals surface area (Å²) in [5, 5.41) is 9.25. The van der Waals surface area contributed by atoms with Gasteiger partial charge in [-0.15, -0.1) is 0 Å². The molecule has 0 unspecified atom stereocenters. The largest absolute Gasteiger partial charge is 0.0984 e. The molecule has 0 N–H and O–H groups in total. The zero-order valence-electron chi connectivity index (χ0n) is 12.1. The van der Waals surface area contributed by atoms with E-state index in [1.807, 2.05) is 6.08 Å². The van der Waals surface area contributed by atoms with Crippen molar-refractivity contribution in [3.63, 3.8) is 0 Å². The molecule has 0 aliphatic rings. The Labute approximate surface area is 124 Å². The van der Waals surface area contributed by atoms with Gasteiger partial charge in [0.15, 0.2) is 0 Å². The van der Waals surface area contributed by atoms with Gasteiger partial charge in [0.1, 0.15) is 0 Å². The van der Waals surface area contributed by atoms with Crippen LogP contribution < -0.4 is 5.22 Å². The molecule has 100 valence electrons. The van der Waals surface area contributed by atoms with Crippen LogP contribution in [-0.2, 0) is 0 Å². The van der Waals surface area contributed by atoms with Crippen molar-refractivity contribution in [2.75, 3.05) is 0 Å². The fourth-order valence-electron chi connectivity index (χ4n) is 3.49. The normalized spacial score (nSPS) is 12.5. The predicted octanol–water partition coefficient (Wildman–Crippen LogP) is 5.31. The summed E-state index contributed by atoms with van der Waals surface area (Å²) in [7, 11) is 0. The van der Waals surface area contributed by atoms with Gasteiger partial charge in [-0.2, -0.15) is 0 Å². The summed E-state index contributed by atoms with van der Waals surface area (Å²) in [6.07, 6.45) is 4.17. The zero-order chi connectivity index (χ0) is 14.4. The van der Waals surface area contributed by atoms with Gasteiger partial charge in [0.25, 0.3) is 0 Å². The van der Waals surface area contributed by atoms with Gasteiger partial charge in [-0.1, -0.05) is 73.3 Å². The van der Waals surface area contributed by atoms with E-state index >= 15 is 0 Å². The fourth-order valence-corrected chi connectivity index (χ4v) is 3.49. The minimum absolute atomic E-state index is 1.20. The Hall–Kier alpha value is -2.60. The highest BCUT2D eigenvalue weighted by atomic mass is 14.1. The summed E-state index contributed by atoms with van der Waals surface area (Å²) < 4.78 is 0. The first kappa shape index (κ1) is 12.2. The van der Waals surface area contributed by atoms with Crippen LogP contribution in [-0.4, -0.2) is 0 Å². The fraction of sp³-hybridized carbons (Fsp3) is 0.0476.